The first kappa shape index (κ1) is 16.1. The lowest BCUT2D eigenvalue weighted by Crippen LogP contribution is -2.39. The Morgan fingerprint density at radius 3 is 2.43 bits per heavy atom. The summed E-state index contributed by atoms with van der Waals surface area (Å²) in [5.41, 5.74) is 0. The highest BCUT2D eigenvalue weighted by atomic mass is 32.2. The summed E-state index contributed by atoms with van der Waals surface area (Å²) in [6, 6.07) is 4.98. The maximum absolute atomic E-state index is 13.0. The second-order valence-corrected chi connectivity index (χ2v) is 7.80. The average molecular weight is 338 g/mol. The van der Waals surface area contributed by atoms with Crippen molar-refractivity contribution in [1.29, 1.82) is 0 Å². The summed E-state index contributed by atoms with van der Waals surface area (Å²) >= 11 is 0. The molecule has 0 bridgehead atoms. The molecule has 1 aromatic heterocycles. The summed E-state index contributed by atoms with van der Waals surface area (Å²) in [6.45, 7) is 0.949. The first-order valence-electron chi connectivity index (χ1n) is 7.55. The lowest BCUT2D eigenvalue weighted by atomic mass is 9.94. The predicted molar refractivity (Wildman–Crippen MR) is 82.6 cm³/mol. The van der Waals surface area contributed by atoms with Gasteiger partial charge in [0.1, 0.15) is 18.0 Å². The van der Waals surface area contributed by atoms with E-state index in [1.54, 1.807) is 6.33 Å². The Hall–Kier alpha value is -1.80. The van der Waals surface area contributed by atoms with Gasteiger partial charge in [-0.2, -0.15) is 4.31 Å². The topological polar surface area (TPSA) is 68.1 Å². The monoisotopic (exact) mass is 338 g/mol. The minimum Gasteiger partial charge on any atom is -0.321 e. The van der Waals surface area contributed by atoms with Gasteiger partial charge >= 0.3 is 0 Å². The molecule has 2 aromatic rings. The number of aryl methyl sites for hydroxylation is 1. The maximum atomic E-state index is 13.0. The fourth-order valence-corrected chi connectivity index (χ4v) is 4.33. The van der Waals surface area contributed by atoms with Gasteiger partial charge in [-0.15, -0.1) is 10.2 Å². The molecule has 23 heavy (non-hydrogen) atoms. The van der Waals surface area contributed by atoms with E-state index in [1.807, 2.05) is 11.6 Å². The van der Waals surface area contributed by atoms with E-state index in [1.165, 1.54) is 28.6 Å². The van der Waals surface area contributed by atoms with Gasteiger partial charge in [0.2, 0.25) is 10.0 Å². The molecular weight excluding hydrogens is 319 g/mol. The van der Waals surface area contributed by atoms with Crippen LogP contribution in [-0.2, 0) is 23.5 Å². The van der Waals surface area contributed by atoms with Gasteiger partial charge in [-0.25, -0.2) is 12.8 Å². The van der Waals surface area contributed by atoms with Gasteiger partial charge in [0.05, 0.1) is 4.90 Å². The molecule has 3 rings (SSSR count). The van der Waals surface area contributed by atoms with E-state index in [-0.39, 0.29) is 4.90 Å². The van der Waals surface area contributed by atoms with Gasteiger partial charge in [0.25, 0.3) is 0 Å². The summed E-state index contributed by atoms with van der Waals surface area (Å²) in [4.78, 5) is 0.144. The van der Waals surface area contributed by atoms with Crippen molar-refractivity contribution in [3.05, 3.63) is 42.2 Å². The van der Waals surface area contributed by atoms with Crippen LogP contribution in [0.15, 0.2) is 35.5 Å². The van der Waals surface area contributed by atoms with Crippen LogP contribution in [0.1, 0.15) is 18.7 Å². The van der Waals surface area contributed by atoms with Crippen LogP contribution in [0.2, 0.25) is 0 Å². The van der Waals surface area contributed by atoms with Gasteiger partial charge in [-0.05, 0) is 43.0 Å². The van der Waals surface area contributed by atoms with Crippen LogP contribution in [0.5, 0.6) is 0 Å². The second kappa shape index (κ2) is 6.37. The van der Waals surface area contributed by atoms with Crippen LogP contribution in [0.4, 0.5) is 4.39 Å². The number of benzene rings is 1. The molecule has 1 saturated heterocycles. The number of hydrogen-bond donors (Lipinski definition) is 0. The van der Waals surface area contributed by atoms with E-state index in [4.69, 9.17) is 0 Å². The molecule has 2 heterocycles. The van der Waals surface area contributed by atoms with Crippen molar-refractivity contribution in [1.82, 2.24) is 19.1 Å². The fraction of sp³-hybridized carbons (Fsp3) is 0.467. The number of hydrogen-bond acceptors (Lipinski definition) is 4. The molecule has 6 nitrogen and oxygen atoms in total. The van der Waals surface area contributed by atoms with E-state index in [9.17, 15) is 12.8 Å². The zero-order valence-corrected chi connectivity index (χ0v) is 13.7. The predicted octanol–water partition coefficient (Wildman–Crippen LogP) is 1.60. The molecule has 8 heteroatoms. The molecule has 1 fully saturated rings. The summed E-state index contributed by atoms with van der Waals surface area (Å²) in [5.74, 6) is 0.883. The highest BCUT2D eigenvalue weighted by Crippen LogP contribution is 2.25. The molecule has 0 atom stereocenters. The van der Waals surface area contributed by atoms with E-state index < -0.39 is 15.8 Å². The zero-order valence-electron chi connectivity index (χ0n) is 12.9. The number of piperidine rings is 1. The first-order valence-corrected chi connectivity index (χ1v) is 8.99. The van der Waals surface area contributed by atoms with Crippen LogP contribution < -0.4 is 0 Å². The van der Waals surface area contributed by atoms with Crippen LogP contribution in [0.3, 0.4) is 0 Å². The Morgan fingerprint density at radius 2 is 1.87 bits per heavy atom. The van der Waals surface area contributed by atoms with Crippen LogP contribution in [-0.4, -0.2) is 40.6 Å². The van der Waals surface area contributed by atoms with Gasteiger partial charge in [0, 0.05) is 26.6 Å². The molecule has 124 valence electrons. The minimum atomic E-state index is -3.54. The van der Waals surface area contributed by atoms with Crippen molar-refractivity contribution in [2.75, 3.05) is 13.1 Å². The summed E-state index contributed by atoms with van der Waals surface area (Å²) in [6.07, 6.45) is 4.05. The lowest BCUT2D eigenvalue weighted by molar-refractivity contribution is 0.269. The standard InChI is InChI=1S/C15H19FN4O2S/c1-19-11-17-18-15(19)10-12-6-8-20(9-7-12)23(21,22)14-4-2-13(16)3-5-14/h2-5,11-12H,6-10H2,1H3. The molecule has 0 unspecified atom stereocenters. The molecule has 1 aromatic carbocycles. The lowest BCUT2D eigenvalue weighted by Gasteiger charge is -2.31. The maximum Gasteiger partial charge on any atom is 0.243 e. The molecular formula is C15H19FN4O2S. The number of sulfonamides is 1. The molecule has 1 aliphatic rings. The Labute approximate surface area is 135 Å². The molecule has 0 amide bonds. The minimum absolute atomic E-state index is 0.144. The highest BCUT2D eigenvalue weighted by Gasteiger charge is 2.29. The van der Waals surface area contributed by atoms with Crippen LogP contribution in [0, 0.1) is 11.7 Å². The van der Waals surface area contributed by atoms with Gasteiger partial charge < -0.3 is 4.57 Å². The quantitative estimate of drug-likeness (QED) is 0.849. The Morgan fingerprint density at radius 1 is 1.22 bits per heavy atom. The van der Waals surface area contributed by atoms with Crippen molar-refractivity contribution in [2.45, 2.75) is 24.2 Å². The molecule has 0 radical (unpaired) electrons. The third-order valence-electron chi connectivity index (χ3n) is 4.30. The first-order chi connectivity index (χ1) is 11.0. The fourth-order valence-electron chi connectivity index (χ4n) is 2.86. The van der Waals surface area contributed by atoms with Gasteiger partial charge in [-0.3, -0.25) is 0 Å². The third kappa shape index (κ3) is 3.42. The summed E-state index contributed by atoms with van der Waals surface area (Å²) < 4.78 is 41.4. The van der Waals surface area contributed by atoms with Crippen molar-refractivity contribution in [3.63, 3.8) is 0 Å². The summed E-state index contributed by atoms with van der Waals surface area (Å²) in [7, 11) is -1.63. The van der Waals surface area contributed by atoms with Crippen LogP contribution >= 0.6 is 0 Å². The number of halogens is 1. The van der Waals surface area contributed by atoms with Crippen molar-refractivity contribution >= 4 is 10.0 Å². The largest absolute Gasteiger partial charge is 0.321 e. The third-order valence-corrected chi connectivity index (χ3v) is 6.21. The van der Waals surface area contributed by atoms with Gasteiger partial charge in [0.15, 0.2) is 0 Å². The molecule has 0 aliphatic carbocycles. The highest BCUT2D eigenvalue weighted by molar-refractivity contribution is 7.89. The zero-order chi connectivity index (χ0) is 16.4. The Kier molecular flexibility index (Phi) is 4.45. The molecule has 0 spiro atoms. The second-order valence-electron chi connectivity index (χ2n) is 5.86. The molecule has 0 saturated carbocycles. The number of aromatic nitrogens is 3. The molecule has 1 aliphatic heterocycles. The van der Waals surface area contributed by atoms with E-state index in [0.29, 0.717) is 19.0 Å². The van der Waals surface area contributed by atoms with Crippen LogP contribution in [0.25, 0.3) is 0 Å². The smallest absolute Gasteiger partial charge is 0.243 e. The SMILES string of the molecule is Cn1cnnc1CC1CCN(S(=O)(=O)c2ccc(F)cc2)CC1. The Balaban J connectivity index is 1.64. The van der Waals surface area contributed by atoms with Gasteiger partial charge in [-0.1, -0.05) is 0 Å². The summed E-state index contributed by atoms with van der Waals surface area (Å²) in [5, 5.41) is 7.94. The van der Waals surface area contributed by atoms with Crippen molar-refractivity contribution in [2.24, 2.45) is 13.0 Å². The van der Waals surface area contributed by atoms with Crippen molar-refractivity contribution < 1.29 is 12.8 Å². The number of rotatable bonds is 4. The molecule has 0 N–H and O–H groups in total. The number of nitrogens with zero attached hydrogens (tertiary/aromatic N) is 4. The van der Waals surface area contributed by atoms with E-state index >= 15 is 0 Å². The normalized spacial score (nSPS) is 17.5. The van der Waals surface area contributed by atoms with Crippen molar-refractivity contribution in [3.8, 4) is 0 Å². The van der Waals surface area contributed by atoms with E-state index in [0.717, 1.165) is 25.1 Å². The average Bonchev–Trinajstić information content (AvgIpc) is 2.93. The Bertz CT molecular complexity index is 765. The van der Waals surface area contributed by atoms with E-state index in [2.05, 4.69) is 10.2 Å².